The zero-order valence-corrected chi connectivity index (χ0v) is 8.01. The van der Waals surface area contributed by atoms with Crippen LogP contribution in [0.3, 0.4) is 0 Å². The third-order valence-corrected chi connectivity index (χ3v) is 1.74. The summed E-state index contributed by atoms with van der Waals surface area (Å²) in [5, 5.41) is 7.82. The van der Waals surface area contributed by atoms with Gasteiger partial charge in [0.25, 0.3) is 5.89 Å². The van der Waals surface area contributed by atoms with Gasteiger partial charge in [0, 0.05) is 12.1 Å². The van der Waals surface area contributed by atoms with Gasteiger partial charge in [-0.15, -0.1) is 10.2 Å². The maximum atomic E-state index is 5.42. The van der Waals surface area contributed by atoms with Gasteiger partial charge >= 0.3 is 0 Å². The van der Waals surface area contributed by atoms with Crippen molar-refractivity contribution in [2.24, 2.45) is 0 Å². The molecule has 0 saturated carbocycles. The Morgan fingerprint density at radius 1 is 1.29 bits per heavy atom. The maximum Gasteiger partial charge on any atom is 0.266 e. The Balaban J connectivity index is 2.34. The van der Waals surface area contributed by atoms with E-state index in [0.29, 0.717) is 17.5 Å². The summed E-state index contributed by atoms with van der Waals surface area (Å²) in [6.45, 7) is 3.99. The highest BCUT2D eigenvalue weighted by Gasteiger charge is 2.11. The number of aromatic nitrogens is 4. The van der Waals surface area contributed by atoms with Crippen LogP contribution in [0.4, 0.5) is 0 Å². The Hall–Kier alpha value is -1.78. The molecule has 0 N–H and O–H groups in total. The summed E-state index contributed by atoms with van der Waals surface area (Å²) in [5.74, 6) is 1.30. The van der Waals surface area contributed by atoms with E-state index >= 15 is 0 Å². The molecule has 0 atom stereocenters. The lowest BCUT2D eigenvalue weighted by molar-refractivity contribution is 0.479. The Morgan fingerprint density at radius 3 is 2.71 bits per heavy atom. The molecule has 0 fully saturated rings. The van der Waals surface area contributed by atoms with Crippen molar-refractivity contribution < 1.29 is 4.42 Å². The van der Waals surface area contributed by atoms with Gasteiger partial charge in [-0.3, -0.25) is 0 Å². The van der Waals surface area contributed by atoms with E-state index in [2.05, 4.69) is 20.2 Å². The second-order valence-electron chi connectivity index (χ2n) is 3.19. The van der Waals surface area contributed by atoms with Crippen molar-refractivity contribution in [3.63, 3.8) is 0 Å². The van der Waals surface area contributed by atoms with Gasteiger partial charge in [-0.05, 0) is 6.07 Å². The van der Waals surface area contributed by atoms with E-state index in [9.17, 15) is 0 Å². The van der Waals surface area contributed by atoms with Crippen LogP contribution in [0.2, 0.25) is 0 Å². The predicted octanol–water partition coefficient (Wildman–Crippen LogP) is 1.65. The number of hydrogen-bond acceptors (Lipinski definition) is 5. The quantitative estimate of drug-likeness (QED) is 0.720. The van der Waals surface area contributed by atoms with Crippen LogP contribution >= 0.6 is 0 Å². The molecule has 0 aliphatic rings. The first kappa shape index (κ1) is 8.80. The molecule has 0 aliphatic carbocycles. The first-order chi connectivity index (χ1) is 6.77. The predicted molar refractivity (Wildman–Crippen MR) is 49.4 cm³/mol. The molecule has 0 spiro atoms. The van der Waals surface area contributed by atoms with E-state index in [-0.39, 0.29) is 5.92 Å². The lowest BCUT2D eigenvalue weighted by atomic mass is 10.2. The summed E-state index contributed by atoms with van der Waals surface area (Å²) in [4.78, 5) is 7.83. The molecule has 0 amide bonds. The van der Waals surface area contributed by atoms with Crippen LogP contribution in [-0.4, -0.2) is 20.2 Å². The molecular weight excluding hydrogens is 180 g/mol. The Labute approximate surface area is 81.2 Å². The molecule has 2 heterocycles. The molecule has 0 unspecified atom stereocenters. The smallest absolute Gasteiger partial charge is 0.266 e. The molecule has 14 heavy (non-hydrogen) atoms. The van der Waals surface area contributed by atoms with E-state index in [1.165, 1.54) is 6.33 Å². The highest BCUT2D eigenvalue weighted by molar-refractivity contribution is 5.44. The summed E-state index contributed by atoms with van der Waals surface area (Å²) < 4.78 is 5.42. The van der Waals surface area contributed by atoms with Gasteiger partial charge in [0.15, 0.2) is 0 Å². The molecule has 0 saturated heterocycles. The average Bonchev–Trinajstić information content (AvgIpc) is 2.68. The van der Waals surface area contributed by atoms with Crippen molar-refractivity contribution in [1.82, 2.24) is 20.2 Å². The summed E-state index contributed by atoms with van der Waals surface area (Å²) in [6.07, 6.45) is 3.09. The summed E-state index contributed by atoms with van der Waals surface area (Å²) in [6, 6.07) is 1.73. The van der Waals surface area contributed by atoms with Crippen molar-refractivity contribution >= 4 is 0 Å². The number of hydrogen-bond donors (Lipinski definition) is 0. The lowest BCUT2D eigenvalue weighted by Crippen LogP contribution is -1.85. The second kappa shape index (κ2) is 3.53. The molecule has 0 aliphatic heterocycles. The van der Waals surface area contributed by atoms with Gasteiger partial charge in [-0.25, -0.2) is 9.97 Å². The van der Waals surface area contributed by atoms with Crippen LogP contribution < -0.4 is 0 Å². The summed E-state index contributed by atoms with van der Waals surface area (Å²) in [7, 11) is 0. The van der Waals surface area contributed by atoms with Gasteiger partial charge in [0.05, 0.1) is 0 Å². The van der Waals surface area contributed by atoms with Crippen LogP contribution in [0, 0.1) is 0 Å². The van der Waals surface area contributed by atoms with E-state index in [1.807, 2.05) is 13.8 Å². The minimum Gasteiger partial charge on any atom is -0.419 e. The van der Waals surface area contributed by atoms with E-state index in [0.717, 1.165) is 0 Å². The van der Waals surface area contributed by atoms with E-state index < -0.39 is 0 Å². The highest BCUT2D eigenvalue weighted by atomic mass is 16.4. The fourth-order valence-electron chi connectivity index (χ4n) is 0.989. The zero-order valence-electron chi connectivity index (χ0n) is 8.01. The number of rotatable bonds is 2. The monoisotopic (exact) mass is 190 g/mol. The standard InChI is InChI=1S/C9H10N4O/c1-6(2)8-12-13-9(14-8)7-3-4-10-5-11-7/h3-6H,1-2H3. The van der Waals surface area contributed by atoms with Gasteiger partial charge in [0.2, 0.25) is 5.89 Å². The molecule has 72 valence electrons. The van der Waals surface area contributed by atoms with Crippen molar-refractivity contribution in [2.45, 2.75) is 19.8 Å². The molecule has 5 nitrogen and oxygen atoms in total. The summed E-state index contributed by atoms with van der Waals surface area (Å²) >= 11 is 0. The fraction of sp³-hybridized carbons (Fsp3) is 0.333. The van der Waals surface area contributed by atoms with Crippen molar-refractivity contribution in [3.8, 4) is 11.6 Å². The van der Waals surface area contributed by atoms with Crippen LogP contribution in [0.5, 0.6) is 0 Å². The summed E-state index contributed by atoms with van der Waals surface area (Å²) in [5.41, 5.74) is 0.652. The molecule has 2 rings (SSSR count). The van der Waals surface area contributed by atoms with Gasteiger partial charge in [0.1, 0.15) is 12.0 Å². The second-order valence-corrected chi connectivity index (χ2v) is 3.19. The largest absolute Gasteiger partial charge is 0.419 e. The Kier molecular flexibility index (Phi) is 2.22. The molecule has 2 aromatic rings. The highest BCUT2D eigenvalue weighted by Crippen LogP contribution is 2.18. The normalized spacial score (nSPS) is 10.8. The maximum absolute atomic E-state index is 5.42. The van der Waals surface area contributed by atoms with Crippen LogP contribution in [0.15, 0.2) is 23.0 Å². The molecular formula is C9H10N4O. The SMILES string of the molecule is CC(C)c1nnc(-c2ccncn2)o1. The van der Waals surface area contributed by atoms with Crippen LogP contribution in [0.1, 0.15) is 25.7 Å². The van der Waals surface area contributed by atoms with Crippen LogP contribution in [-0.2, 0) is 0 Å². The van der Waals surface area contributed by atoms with E-state index in [1.54, 1.807) is 12.3 Å². The first-order valence-corrected chi connectivity index (χ1v) is 4.37. The van der Waals surface area contributed by atoms with Crippen molar-refractivity contribution in [1.29, 1.82) is 0 Å². The molecule has 0 bridgehead atoms. The molecule has 0 aromatic carbocycles. The van der Waals surface area contributed by atoms with Gasteiger partial charge in [-0.2, -0.15) is 0 Å². The Bertz CT molecular complexity index is 410. The first-order valence-electron chi connectivity index (χ1n) is 4.37. The third-order valence-electron chi connectivity index (χ3n) is 1.74. The van der Waals surface area contributed by atoms with Gasteiger partial charge < -0.3 is 4.42 Å². The fourth-order valence-corrected chi connectivity index (χ4v) is 0.989. The average molecular weight is 190 g/mol. The minimum absolute atomic E-state index is 0.234. The van der Waals surface area contributed by atoms with Crippen molar-refractivity contribution in [2.75, 3.05) is 0 Å². The molecule has 5 heteroatoms. The zero-order chi connectivity index (χ0) is 9.97. The van der Waals surface area contributed by atoms with Crippen molar-refractivity contribution in [3.05, 3.63) is 24.5 Å². The molecule has 0 radical (unpaired) electrons. The molecule has 2 aromatic heterocycles. The lowest BCUT2D eigenvalue weighted by Gasteiger charge is -1.94. The van der Waals surface area contributed by atoms with E-state index in [4.69, 9.17) is 4.42 Å². The van der Waals surface area contributed by atoms with Gasteiger partial charge in [-0.1, -0.05) is 13.8 Å². The van der Waals surface area contributed by atoms with Crippen LogP contribution in [0.25, 0.3) is 11.6 Å². The third kappa shape index (κ3) is 1.61. The topological polar surface area (TPSA) is 64.7 Å². The number of nitrogens with zero attached hydrogens (tertiary/aromatic N) is 4. The Morgan fingerprint density at radius 2 is 2.14 bits per heavy atom. The minimum atomic E-state index is 0.234.